The van der Waals surface area contributed by atoms with Crippen molar-refractivity contribution in [1.29, 1.82) is 0 Å². The Hall–Kier alpha value is -3.35. The van der Waals surface area contributed by atoms with Gasteiger partial charge in [0.15, 0.2) is 6.23 Å². The van der Waals surface area contributed by atoms with Crippen molar-refractivity contribution in [3.63, 3.8) is 0 Å². The summed E-state index contributed by atoms with van der Waals surface area (Å²) < 4.78 is 11.5. The number of hydrogen-bond acceptors (Lipinski definition) is 5. The lowest BCUT2D eigenvalue weighted by atomic mass is 9.74. The molecule has 2 aromatic rings. The molecular formula is C26H32N2O5. The molecule has 0 unspecified atom stereocenters. The van der Waals surface area contributed by atoms with Crippen molar-refractivity contribution in [3.8, 4) is 5.75 Å². The number of nitrogens with zero attached hydrogens (tertiary/aromatic N) is 1. The average molecular weight is 453 g/mol. The molecule has 1 aliphatic rings. The summed E-state index contributed by atoms with van der Waals surface area (Å²) in [6.07, 6.45) is 0.627. The number of nitrogens with one attached hydrogen (secondary N) is 1. The van der Waals surface area contributed by atoms with E-state index in [1.165, 1.54) is 0 Å². The predicted molar refractivity (Wildman–Crippen MR) is 125 cm³/mol. The van der Waals surface area contributed by atoms with Crippen LogP contribution in [0.15, 0.2) is 54.6 Å². The van der Waals surface area contributed by atoms with Crippen LogP contribution in [0.1, 0.15) is 63.4 Å². The van der Waals surface area contributed by atoms with Crippen LogP contribution in [0, 0.1) is 5.41 Å². The summed E-state index contributed by atoms with van der Waals surface area (Å²) in [6, 6.07) is 15.5. The fraction of sp³-hybridized carbons (Fsp3) is 0.423. The first-order valence-electron chi connectivity index (χ1n) is 11.2. The number of benzene rings is 2. The first-order chi connectivity index (χ1) is 15.5. The molecule has 3 amide bonds. The van der Waals surface area contributed by atoms with Crippen LogP contribution in [0.5, 0.6) is 5.75 Å². The summed E-state index contributed by atoms with van der Waals surface area (Å²) in [5.41, 5.74) is -0.0577. The lowest BCUT2D eigenvalue weighted by Gasteiger charge is -2.51. The number of β-lactam (4-membered cyclic amide) rings is 1. The normalized spacial score (nSPS) is 20.1. The number of carbonyl (C=O) groups excluding carboxylic acids is 3. The quantitative estimate of drug-likeness (QED) is 0.477. The van der Waals surface area contributed by atoms with Crippen LogP contribution in [-0.4, -0.2) is 34.6 Å². The lowest BCUT2D eigenvalue weighted by molar-refractivity contribution is -0.187. The number of urea groups is 1. The summed E-state index contributed by atoms with van der Waals surface area (Å²) >= 11 is 0. The third kappa shape index (κ3) is 5.53. The Bertz CT molecular complexity index is 998. The molecule has 0 aliphatic carbocycles. The molecule has 1 heterocycles. The molecule has 7 nitrogen and oxygen atoms in total. The molecule has 1 aliphatic heterocycles. The van der Waals surface area contributed by atoms with Gasteiger partial charge in [-0.25, -0.2) is 14.5 Å². The van der Waals surface area contributed by atoms with Gasteiger partial charge in [0.1, 0.15) is 16.8 Å². The maximum atomic E-state index is 12.9. The molecule has 0 aromatic heterocycles. The fourth-order valence-electron chi connectivity index (χ4n) is 3.83. The highest BCUT2D eigenvalue weighted by Crippen LogP contribution is 2.44. The maximum absolute atomic E-state index is 12.9. The molecule has 176 valence electrons. The molecule has 2 atom stereocenters. The van der Waals surface area contributed by atoms with E-state index in [0.29, 0.717) is 24.3 Å². The average Bonchev–Trinajstić information content (AvgIpc) is 2.77. The molecular weight excluding hydrogens is 420 g/mol. The molecule has 0 saturated carbocycles. The van der Waals surface area contributed by atoms with Gasteiger partial charge in [0, 0.05) is 6.54 Å². The second-order valence-corrected chi connectivity index (χ2v) is 9.48. The van der Waals surface area contributed by atoms with Crippen molar-refractivity contribution < 1.29 is 23.9 Å². The first-order valence-corrected chi connectivity index (χ1v) is 11.2. The van der Waals surface area contributed by atoms with Gasteiger partial charge < -0.3 is 14.8 Å². The van der Waals surface area contributed by atoms with Crippen molar-refractivity contribution in [1.82, 2.24) is 10.2 Å². The molecule has 1 fully saturated rings. The standard InChI is InChI=1S/C26H32N2O5/c1-6-16-26(5)22(30)28(24(31)27-17-18-10-8-7-9-11-18)23(26)32-20-14-12-19(13-15-20)21(29)33-25(2,3)4/h7-15,23H,6,16-17H2,1-5H3,(H,27,31)/t23-,26+/m1/s1. The van der Waals surface area contributed by atoms with E-state index >= 15 is 0 Å². The largest absolute Gasteiger partial charge is 0.469 e. The predicted octanol–water partition coefficient (Wildman–Crippen LogP) is 4.91. The second-order valence-electron chi connectivity index (χ2n) is 9.48. The van der Waals surface area contributed by atoms with E-state index in [1.54, 1.807) is 24.3 Å². The number of rotatable bonds is 7. The van der Waals surface area contributed by atoms with E-state index in [2.05, 4.69) is 5.32 Å². The molecule has 7 heteroatoms. The molecule has 0 radical (unpaired) electrons. The van der Waals surface area contributed by atoms with Crippen molar-refractivity contribution in [3.05, 3.63) is 65.7 Å². The summed E-state index contributed by atoms with van der Waals surface area (Å²) in [7, 11) is 0. The fourth-order valence-corrected chi connectivity index (χ4v) is 3.83. The minimum absolute atomic E-state index is 0.259. The molecule has 3 rings (SSSR count). The van der Waals surface area contributed by atoms with Crippen LogP contribution < -0.4 is 10.1 Å². The van der Waals surface area contributed by atoms with Gasteiger partial charge in [0.2, 0.25) is 5.91 Å². The highest BCUT2D eigenvalue weighted by atomic mass is 16.6. The zero-order chi connectivity index (χ0) is 24.2. The molecule has 33 heavy (non-hydrogen) atoms. The number of likely N-dealkylation sites (tertiary alicyclic amines) is 1. The summed E-state index contributed by atoms with van der Waals surface area (Å²) in [6.45, 7) is 9.54. The van der Waals surface area contributed by atoms with Crippen molar-refractivity contribution in [2.45, 2.75) is 65.8 Å². The number of imide groups is 1. The van der Waals surface area contributed by atoms with Crippen LogP contribution in [0.25, 0.3) is 0 Å². The van der Waals surface area contributed by atoms with Crippen molar-refractivity contribution >= 4 is 17.9 Å². The smallest absolute Gasteiger partial charge is 0.338 e. The van der Waals surface area contributed by atoms with Gasteiger partial charge in [-0.05, 0) is 63.9 Å². The van der Waals surface area contributed by atoms with E-state index in [1.807, 2.05) is 65.0 Å². The molecule has 1 saturated heterocycles. The van der Waals surface area contributed by atoms with Gasteiger partial charge in [-0.15, -0.1) is 0 Å². The van der Waals surface area contributed by atoms with Crippen LogP contribution in [0.3, 0.4) is 0 Å². The summed E-state index contributed by atoms with van der Waals surface area (Å²) in [4.78, 5) is 39.2. The third-order valence-corrected chi connectivity index (χ3v) is 5.50. The SMILES string of the molecule is CCC[C@@]1(C)C(=O)N(C(=O)NCc2ccccc2)[C@@H]1Oc1ccc(C(=O)OC(C)(C)C)cc1. The van der Waals surface area contributed by atoms with Gasteiger partial charge in [-0.1, -0.05) is 43.7 Å². The first kappa shape index (κ1) is 24.3. The number of hydrogen-bond donors (Lipinski definition) is 1. The number of ether oxygens (including phenoxy) is 2. The van der Waals surface area contributed by atoms with Gasteiger partial charge in [0.25, 0.3) is 0 Å². The van der Waals surface area contributed by atoms with Crippen LogP contribution >= 0.6 is 0 Å². The molecule has 2 aromatic carbocycles. The number of esters is 1. The Balaban J connectivity index is 1.72. The zero-order valence-corrected chi connectivity index (χ0v) is 19.9. The topological polar surface area (TPSA) is 84.9 Å². The van der Waals surface area contributed by atoms with E-state index < -0.39 is 29.2 Å². The van der Waals surface area contributed by atoms with E-state index in [4.69, 9.17) is 9.47 Å². The van der Waals surface area contributed by atoms with Gasteiger partial charge in [-0.2, -0.15) is 0 Å². The minimum atomic E-state index is -0.803. The minimum Gasteiger partial charge on any atom is -0.469 e. The monoisotopic (exact) mass is 452 g/mol. The van der Waals surface area contributed by atoms with Crippen LogP contribution in [0.2, 0.25) is 0 Å². The Morgan fingerprint density at radius 2 is 1.70 bits per heavy atom. The Kier molecular flexibility index (Phi) is 7.10. The highest BCUT2D eigenvalue weighted by Gasteiger charge is 2.61. The zero-order valence-electron chi connectivity index (χ0n) is 19.9. The molecule has 1 N–H and O–H groups in total. The lowest BCUT2D eigenvalue weighted by Crippen LogP contribution is -2.72. The van der Waals surface area contributed by atoms with Crippen LogP contribution in [-0.2, 0) is 16.1 Å². The van der Waals surface area contributed by atoms with Crippen LogP contribution in [0.4, 0.5) is 4.79 Å². The highest BCUT2D eigenvalue weighted by molar-refractivity contribution is 6.03. The summed E-state index contributed by atoms with van der Waals surface area (Å²) in [5.74, 6) is -0.223. The second kappa shape index (κ2) is 9.65. The molecule has 0 spiro atoms. The van der Waals surface area contributed by atoms with E-state index in [-0.39, 0.29) is 5.91 Å². The summed E-state index contributed by atoms with van der Waals surface area (Å²) in [5, 5.41) is 2.80. The van der Waals surface area contributed by atoms with Gasteiger partial charge in [-0.3, -0.25) is 4.79 Å². The Morgan fingerprint density at radius 3 is 2.27 bits per heavy atom. The van der Waals surface area contributed by atoms with E-state index in [9.17, 15) is 14.4 Å². The van der Waals surface area contributed by atoms with Crippen molar-refractivity contribution in [2.24, 2.45) is 5.41 Å². The number of amides is 3. The van der Waals surface area contributed by atoms with E-state index in [0.717, 1.165) is 16.9 Å². The Morgan fingerprint density at radius 1 is 1.06 bits per heavy atom. The van der Waals surface area contributed by atoms with Gasteiger partial charge in [0.05, 0.1) is 5.56 Å². The van der Waals surface area contributed by atoms with Gasteiger partial charge >= 0.3 is 12.0 Å². The third-order valence-electron chi connectivity index (χ3n) is 5.50. The maximum Gasteiger partial charge on any atom is 0.338 e. The molecule has 0 bridgehead atoms. The van der Waals surface area contributed by atoms with Crippen molar-refractivity contribution in [2.75, 3.05) is 0 Å². The Labute approximate surface area is 195 Å². The number of carbonyl (C=O) groups is 3.